The molecule has 8 aliphatic carbocycles. The van der Waals surface area contributed by atoms with Gasteiger partial charge in [0.2, 0.25) is 11.9 Å². The molecule has 3 N–H and O–H groups in total. The molecule has 0 spiro atoms. The molecule has 2 aromatic heterocycles. The van der Waals surface area contributed by atoms with Crippen LogP contribution in [0.15, 0.2) is 25.0 Å². The van der Waals surface area contributed by atoms with Crippen molar-refractivity contribution in [2.24, 2.45) is 80.8 Å². The molecule has 8 saturated carbocycles. The first kappa shape index (κ1) is 70.7. The van der Waals surface area contributed by atoms with Crippen LogP contribution in [0.5, 0.6) is 0 Å². The standard InChI is InChI=1S/C26H39FN2O3.C23H37BrO3.C3H3FN2.CH2O3.3CH4.2K.H/c1-24(31)10-11-26(15-32-3)17(12-24)4-5-18-19-6-7-21(25(19,2)9-8-20(18)26)22(30)13-29-14-23(27)28-16-29;1-21(26)10-11-23(14-27-3)15(12-21)4-5-16-17-6-7-19(20(25)13-24)22(17,2)9-8-18(16)23;4-3-1-5-2-6-3;2-1-4-3;;;;;;/h14,16-21,31H,4-13,15H2,1-3H3;15-19,26H,4-14H2,1-3H3;1-2H,(H,5,6);1,3H;3*1H4;;;/q;;;;;;;2*+1;-1/p-1/t17-,18+,19+,20+,21-,24-,25+,26-;15-,16+,17+,18+,19-,21-,22+,23-;;;;;;;;/m11......../s1. The monoisotopic (exact) mass is 1160 g/mol. The summed E-state index contributed by atoms with van der Waals surface area (Å²) in [5, 5.41) is 30.5. The molecule has 0 aromatic carbocycles. The van der Waals surface area contributed by atoms with Gasteiger partial charge < -0.3 is 40.8 Å². The molecule has 13 nitrogen and oxygen atoms in total. The van der Waals surface area contributed by atoms with Gasteiger partial charge in [0.05, 0.1) is 61.3 Å². The summed E-state index contributed by atoms with van der Waals surface area (Å²) < 4.78 is 38.1. The second-order valence-corrected chi connectivity index (χ2v) is 24.5. The molecule has 18 heteroatoms. The number of carbonyl (C=O) groups is 3. The van der Waals surface area contributed by atoms with Crippen LogP contribution in [0.1, 0.15) is 167 Å². The smallest absolute Gasteiger partial charge is 1.00 e. The number of hydrogen-bond acceptors (Lipinski definition) is 11. The van der Waals surface area contributed by atoms with Gasteiger partial charge in [-0.05, 0) is 198 Å². The van der Waals surface area contributed by atoms with Gasteiger partial charge in [-0.1, -0.05) is 52.1 Å². The van der Waals surface area contributed by atoms with Gasteiger partial charge in [-0.25, -0.2) is 9.97 Å². The van der Waals surface area contributed by atoms with Crippen molar-refractivity contribution >= 4 is 34.0 Å². The number of Topliss-reactive ketones (excluding diaryl/α,β-unsaturated/α-hetero) is 2. The normalized spacial score (nSPS) is 39.7. The van der Waals surface area contributed by atoms with Gasteiger partial charge in [-0.3, -0.25) is 14.4 Å². The Balaban J connectivity index is 0.000000597. The van der Waals surface area contributed by atoms with E-state index in [2.05, 4.69) is 49.6 Å². The zero-order valence-electron chi connectivity index (χ0n) is 44.9. The van der Waals surface area contributed by atoms with Crippen LogP contribution in [-0.4, -0.2) is 91.7 Å². The van der Waals surface area contributed by atoms with Gasteiger partial charge in [0.25, 0.3) is 6.47 Å². The molecule has 16 atom stereocenters. The van der Waals surface area contributed by atoms with Crippen molar-refractivity contribution in [3.8, 4) is 0 Å². The predicted molar refractivity (Wildman–Crippen MR) is 277 cm³/mol. The van der Waals surface area contributed by atoms with Crippen LogP contribution in [0.3, 0.4) is 0 Å². The third-order valence-electron chi connectivity index (χ3n) is 20.5. The summed E-state index contributed by atoms with van der Waals surface area (Å²) in [5.74, 6) is 5.18. The summed E-state index contributed by atoms with van der Waals surface area (Å²) in [6, 6.07) is 0. The minimum atomic E-state index is -0.546. The van der Waals surface area contributed by atoms with E-state index in [1.165, 1.54) is 63.8 Å². The minimum absolute atomic E-state index is 0. The summed E-state index contributed by atoms with van der Waals surface area (Å²) in [4.78, 5) is 46.4. The predicted octanol–water partition coefficient (Wildman–Crippen LogP) is 4.63. The second kappa shape index (κ2) is 29.6. The largest absolute Gasteiger partial charge is 1.00 e. The van der Waals surface area contributed by atoms with Crippen molar-refractivity contribution in [1.82, 2.24) is 19.5 Å². The van der Waals surface area contributed by atoms with Crippen LogP contribution >= 0.6 is 15.9 Å². The van der Waals surface area contributed by atoms with E-state index in [9.17, 15) is 28.6 Å². The van der Waals surface area contributed by atoms with E-state index in [1.807, 2.05) is 28.1 Å². The van der Waals surface area contributed by atoms with Crippen molar-refractivity contribution in [3.63, 3.8) is 0 Å². The van der Waals surface area contributed by atoms with Crippen LogP contribution in [0.2, 0.25) is 0 Å². The van der Waals surface area contributed by atoms with E-state index in [-0.39, 0.29) is 179 Å². The Labute approximate surface area is 537 Å². The quantitative estimate of drug-likeness (QED) is 0.0991. The Kier molecular flexibility index (Phi) is 28.3. The molecule has 0 unspecified atom stereocenters. The summed E-state index contributed by atoms with van der Waals surface area (Å²) in [6.45, 7) is 10.5. The van der Waals surface area contributed by atoms with Gasteiger partial charge in [0.1, 0.15) is 5.78 Å². The number of ether oxygens (including phenoxy) is 2. The topological polar surface area (TPSA) is 189 Å². The maximum Gasteiger partial charge on any atom is 1.00 e. The number of nitrogens with zero attached hydrogens (tertiary/aromatic N) is 3. The Morgan fingerprint density at radius 2 is 1.22 bits per heavy atom. The van der Waals surface area contributed by atoms with Crippen molar-refractivity contribution in [2.45, 2.75) is 183 Å². The van der Waals surface area contributed by atoms with Crippen LogP contribution in [-0.2, 0) is 35.3 Å². The minimum Gasteiger partial charge on any atom is -1.00 e. The van der Waals surface area contributed by atoms with Crippen molar-refractivity contribution in [2.75, 3.05) is 32.8 Å². The molecular weight excluding hydrogens is 1070 g/mol. The third kappa shape index (κ3) is 14.6. The summed E-state index contributed by atoms with van der Waals surface area (Å²) in [5.41, 5.74) is -0.378. The molecule has 414 valence electrons. The number of aromatic amines is 1. The molecule has 10 rings (SSSR count). The van der Waals surface area contributed by atoms with E-state index in [0.717, 1.165) is 96.0 Å². The number of alkyl halides is 1. The first-order valence-corrected chi connectivity index (χ1v) is 27.0. The zero-order chi connectivity index (χ0) is 50.0. The first-order chi connectivity index (χ1) is 32.8. The van der Waals surface area contributed by atoms with Crippen LogP contribution < -0.4 is 108 Å². The fourth-order valence-electron chi connectivity index (χ4n) is 17.7. The summed E-state index contributed by atoms with van der Waals surface area (Å²) >= 11 is 3.43. The van der Waals surface area contributed by atoms with Gasteiger partial charge in [-0.2, -0.15) is 8.78 Å². The summed E-state index contributed by atoms with van der Waals surface area (Å²) in [7, 11) is 3.69. The molecule has 0 saturated heterocycles. The Morgan fingerprint density at radius 1 is 0.757 bits per heavy atom. The molecule has 2 aromatic rings. The van der Waals surface area contributed by atoms with Crippen molar-refractivity contribution < 1.29 is 157 Å². The van der Waals surface area contributed by atoms with Gasteiger partial charge in [0.15, 0.2) is 5.78 Å². The number of aliphatic hydroxyl groups is 2. The number of carbonyl (C=O) groups excluding carboxylic acids is 3. The fourth-order valence-corrected chi connectivity index (χ4v) is 18.1. The van der Waals surface area contributed by atoms with E-state index in [0.29, 0.717) is 52.5 Å². The average molecular weight is 1160 g/mol. The Bertz CT molecular complexity index is 2060. The summed E-state index contributed by atoms with van der Waals surface area (Å²) in [6.07, 6.45) is 24.9. The van der Waals surface area contributed by atoms with E-state index < -0.39 is 23.1 Å². The number of nitrogens with one attached hydrogen (secondary N) is 1. The average Bonchev–Trinajstić information content (AvgIpc) is 4.13. The molecule has 0 amide bonds. The Hall–Kier alpha value is 0.643. The number of halogens is 3. The molecule has 74 heavy (non-hydrogen) atoms. The number of hydrogen-bond donors (Lipinski definition) is 3. The maximum atomic E-state index is 13.3. The third-order valence-corrected chi connectivity index (χ3v) is 21.0. The van der Waals surface area contributed by atoms with Crippen molar-refractivity contribution in [3.05, 3.63) is 36.9 Å². The number of aromatic nitrogens is 4. The molecule has 2 heterocycles. The molecule has 0 radical (unpaired) electrons. The fraction of sp³-hybridized carbons (Fsp3) is 0.839. The van der Waals surface area contributed by atoms with Gasteiger partial charge in [0, 0.05) is 26.1 Å². The number of ketones is 2. The van der Waals surface area contributed by atoms with E-state index in [4.69, 9.17) is 19.5 Å². The van der Waals surface area contributed by atoms with Crippen LogP contribution in [0.4, 0.5) is 8.78 Å². The maximum absolute atomic E-state index is 13.3. The van der Waals surface area contributed by atoms with Gasteiger partial charge in [-0.15, -0.1) is 0 Å². The zero-order valence-corrected chi connectivity index (χ0v) is 51.8. The SMILES string of the molecule is C.C.C.COC[C@]12CC[C@@](C)(O)C[C@H]1CC[C@H]1[C@@H]3CC[C@H](C(=O)CBr)[C@@]3(C)CC[C@@H]12.COC[C@]12CC[C@@](C)(O)C[C@H]1CC[C@H]1[C@@H]3CC[C@H](C(=O)Cn4cnc(F)c4)[C@@]3(C)CC[C@@H]12.Fc1cnc[nH]1.O=CO[O-].[H-].[K+].[K+]. The number of H-pyrrole nitrogens is 1. The molecule has 8 fully saturated rings. The van der Waals surface area contributed by atoms with E-state index in [1.54, 1.807) is 4.57 Å². The second-order valence-electron chi connectivity index (χ2n) is 23.9. The number of methoxy groups -OCH3 is 2. The molecule has 8 aliphatic rings. The molecule has 0 bridgehead atoms. The number of fused-ring (bicyclic) bond motifs is 10. The van der Waals surface area contributed by atoms with E-state index >= 15 is 0 Å². The number of imidazole rings is 2. The van der Waals surface area contributed by atoms with Crippen LogP contribution in [0.25, 0.3) is 0 Å². The first-order valence-electron chi connectivity index (χ1n) is 25.8. The van der Waals surface area contributed by atoms with Crippen molar-refractivity contribution in [1.29, 1.82) is 0 Å². The van der Waals surface area contributed by atoms with Crippen LogP contribution in [0, 0.1) is 92.7 Å². The van der Waals surface area contributed by atoms with Gasteiger partial charge >= 0.3 is 103 Å². The number of rotatable bonds is 10. The Morgan fingerprint density at radius 3 is 1.57 bits per heavy atom. The molecular formula is C56H93BrF2K2N4O9. The molecule has 0 aliphatic heterocycles.